The second-order valence-corrected chi connectivity index (χ2v) is 5.02. The standard InChI is InChI=1S/C12H16O2S/c1-12(2,3)10(15)11(13)14-9-7-5-4-6-8-9/h4-8,10,15H,1-3H3. The smallest absolute Gasteiger partial charge is 0.324 e. The number of esters is 1. The minimum absolute atomic E-state index is 0.199. The third-order valence-electron chi connectivity index (χ3n) is 2.01. The van der Waals surface area contributed by atoms with Crippen LogP contribution in [0.2, 0.25) is 0 Å². The van der Waals surface area contributed by atoms with Crippen LogP contribution in [0.15, 0.2) is 30.3 Å². The molecule has 0 fully saturated rings. The first-order valence-corrected chi connectivity index (χ1v) is 5.38. The maximum atomic E-state index is 11.7. The van der Waals surface area contributed by atoms with Gasteiger partial charge in [0.15, 0.2) is 0 Å². The highest BCUT2D eigenvalue weighted by Gasteiger charge is 2.29. The van der Waals surface area contributed by atoms with Gasteiger partial charge >= 0.3 is 5.97 Å². The molecule has 82 valence electrons. The molecular weight excluding hydrogens is 208 g/mol. The Hall–Kier alpha value is -0.960. The second-order valence-electron chi connectivity index (χ2n) is 4.50. The van der Waals surface area contributed by atoms with Crippen molar-refractivity contribution in [2.75, 3.05) is 0 Å². The molecule has 3 heteroatoms. The van der Waals surface area contributed by atoms with E-state index in [-0.39, 0.29) is 11.4 Å². The van der Waals surface area contributed by atoms with Crippen molar-refractivity contribution < 1.29 is 9.53 Å². The Morgan fingerprint density at radius 3 is 2.27 bits per heavy atom. The van der Waals surface area contributed by atoms with E-state index in [2.05, 4.69) is 12.6 Å². The first-order valence-electron chi connectivity index (χ1n) is 4.86. The van der Waals surface area contributed by atoms with Gasteiger partial charge in [0.1, 0.15) is 11.0 Å². The summed E-state index contributed by atoms with van der Waals surface area (Å²) in [4.78, 5) is 11.7. The van der Waals surface area contributed by atoms with Gasteiger partial charge in [-0.2, -0.15) is 12.6 Å². The van der Waals surface area contributed by atoms with Gasteiger partial charge in [0, 0.05) is 0 Å². The zero-order chi connectivity index (χ0) is 11.5. The maximum Gasteiger partial charge on any atom is 0.324 e. The van der Waals surface area contributed by atoms with Crippen LogP contribution in [0.3, 0.4) is 0 Å². The van der Waals surface area contributed by atoms with Crippen molar-refractivity contribution in [1.29, 1.82) is 0 Å². The molecule has 0 saturated carbocycles. The molecule has 0 spiro atoms. The largest absolute Gasteiger partial charge is 0.426 e. The van der Waals surface area contributed by atoms with Crippen molar-refractivity contribution in [2.45, 2.75) is 26.0 Å². The molecule has 0 amide bonds. The molecule has 15 heavy (non-hydrogen) atoms. The number of hydrogen-bond donors (Lipinski definition) is 1. The van der Waals surface area contributed by atoms with E-state index < -0.39 is 5.25 Å². The highest BCUT2D eigenvalue weighted by atomic mass is 32.1. The van der Waals surface area contributed by atoms with Crippen molar-refractivity contribution in [3.63, 3.8) is 0 Å². The molecular formula is C12H16O2S. The minimum atomic E-state index is -0.419. The summed E-state index contributed by atoms with van der Waals surface area (Å²) in [6, 6.07) is 9.03. The summed E-state index contributed by atoms with van der Waals surface area (Å²) in [7, 11) is 0. The Morgan fingerprint density at radius 1 is 1.27 bits per heavy atom. The molecule has 0 N–H and O–H groups in total. The molecule has 0 radical (unpaired) electrons. The number of benzene rings is 1. The quantitative estimate of drug-likeness (QED) is 0.475. The zero-order valence-electron chi connectivity index (χ0n) is 9.23. The van der Waals surface area contributed by atoms with Gasteiger partial charge in [0.2, 0.25) is 0 Å². The fourth-order valence-corrected chi connectivity index (χ4v) is 1.07. The maximum absolute atomic E-state index is 11.7. The average Bonchev–Trinajstić information content (AvgIpc) is 2.16. The summed E-state index contributed by atoms with van der Waals surface area (Å²) < 4.78 is 5.19. The fraction of sp³-hybridized carbons (Fsp3) is 0.417. The third kappa shape index (κ3) is 3.59. The first-order chi connectivity index (χ1) is 6.91. The van der Waals surface area contributed by atoms with Crippen LogP contribution < -0.4 is 4.74 Å². The predicted molar refractivity (Wildman–Crippen MR) is 64.3 cm³/mol. The van der Waals surface area contributed by atoms with Crippen molar-refractivity contribution in [2.24, 2.45) is 5.41 Å². The SMILES string of the molecule is CC(C)(C)C(S)C(=O)Oc1ccccc1. The molecule has 0 bridgehead atoms. The summed E-state index contributed by atoms with van der Waals surface area (Å²) in [5.41, 5.74) is -0.199. The normalized spacial score (nSPS) is 13.3. The molecule has 0 aromatic heterocycles. The van der Waals surface area contributed by atoms with Crippen LogP contribution in [0.25, 0.3) is 0 Å². The van der Waals surface area contributed by atoms with E-state index in [0.717, 1.165) is 0 Å². The molecule has 0 saturated heterocycles. The molecule has 1 atom stereocenters. The number of para-hydroxylation sites is 1. The Kier molecular flexibility index (Phi) is 3.80. The number of carbonyl (C=O) groups excluding carboxylic acids is 1. The van der Waals surface area contributed by atoms with Crippen molar-refractivity contribution in [1.82, 2.24) is 0 Å². The number of ether oxygens (including phenoxy) is 1. The lowest BCUT2D eigenvalue weighted by molar-refractivity contribution is -0.135. The van der Waals surface area contributed by atoms with Crippen LogP contribution >= 0.6 is 12.6 Å². The Labute approximate surface area is 96.1 Å². The zero-order valence-corrected chi connectivity index (χ0v) is 10.1. The molecule has 1 aromatic carbocycles. The Bertz CT molecular complexity index is 327. The first kappa shape index (κ1) is 12.1. The lowest BCUT2D eigenvalue weighted by Crippen LogP contribution is -2.32. The summed E-state index contributed by atoms with van der Waals surface area (Å²) in [5, 5.41) is -0.419. The highest BCUT2D eigenvalue weighted by molar-refractivity contribution is 7.81. The fourth-order valence-electron chi connectivity index (χ4n) is 1.01. The van der Waals surface area contributed by atoms with Gasteiger partial charge in [0.05, 0.1) is 0 Å². The van der Waals surface area contributed by atoms with E-state index in [1.807, 2.05) is 39.0 Å². The summed E-state index contributed by atoms with van der Waals surface area (Å²) in [6.07, 6.45) is 0. The molecule has 0 aliphatic carbocycles. The molecule has 1 aromatic rings. The van der Waals surface area contributed by atoms with Gasteiger partial charge in [-0.15, -0.1) is 0 Å². The van der Waals surface area contributed by atoms with E-state index >= 15 is 0 Å². The van der Waals surface area contributed by atoms with Crippen LogP contribution in [0.4, 0.5) is 0 Å². The van der Waals surface area contributed by atoms with E-state index in [1.165, 1.54) is 0 Å². The third-order valence-corrected chi connectivity index (χ3v) is 2.99. The van der Waals surface area contributed by atoms with Gasteiger partial charge in [-0.3, -0.25) is 4.79 Å². The van der Waals surface area contributed by atoms with Crippen LogP contribution in [0.5, 0.6) is 5.75 Å². The van der Waals surface area contributed by atoms with Crippen molar-refractivity contribution in [3.05, 3.63) is 30.3 Å². The van der Waals surface area contributed by atoms with Crippen molar-refractivity contribution in [3.8, 4) is 5.75 Å². The van der Waals surface area contributed by atoms with Crippen LogP contribution in [-0.2, 0) is 4.79 Å². The highest BCUT2D eigenvalue weighted by Crippen LogP contribution is 2.25. The summed E-state index contributed by atoms with van der Waals surface area (Å²) >= 11 is 4.26. The number of hydrogen-bond acceptors (Lipinski definition) is 3. The summed E-state index contributed by atoms with van der Waals surface area (Å²) in [5.74, 6) is 0.253. The Balaban J connectivity index is 2.65. The Morgan fingerprint density at radius 2 is 1.80 bits per heavy atom. The van der Waals surface area contributed by atoms with Crippen molar-refractivity contribution >= 4 is 18.6 Å². The topological polar surface area (TPSA) is 26.3 Å². The number of thiol groups is 1. The second kappa shape index (κ2) is 4.71. The molecule has 0 aliphatic rings. The van der Waals surface area contributed by atoms with Gasteiger partial charge in [-0.25, -0.2) is 0 Å². The van der Waals surface area contributed by atoms with Gasteiger partial charge < -0.3 is 4.74 Å². The van der Waals surface area contributed by atoms with Gasteiger partial charge in [-0.05, 0) is 17.5 Å². The summed E-state index contributed by atoms with van der Waals surface area (Å²) in [6.45, 7) is 5.87. The average molecular weight is 224 g/mol. The molecule has 1 rings (SSSR count). The van der Waals surface area contributed by atoms with E-state index in [0.29, 0.717) is 5.75 Å². The van der Waals surface area contributed by atoms with Crippen LogP contribution in [0.1, 0.15) is 20.8 Å². The lowest BCUT2D eigenvalue weighted by Gasteiger charge is -2.24. The van der Waals surface area contributed by atoms with E-state index in [1.54, 1.807) is 12.1 Å². The molecule has 0 aliphatic heterocycles. The van der Waals surface area contributed by atoms with Gasteiger partial charge in [0.25, 0.3) is 0 Å². The number of carbonyl (C=O) groups is 1. The van der Waals surface area contributed by atoms with Crippen LogP contribution in [-0.4, -0.2) is 11.2 Å². The monoisotopic (exact) mass is 224 g/mol. The molecule has 2 nitrogen and oxygen atoms in total. The molecule has 0 heterocycles. The van der Waals surface area contributed by atoms with Gasteiger partial charge in [-0.1, -0.05) is 39.0 Å². The van der Waals surface area contributed by atoms with E-state index in [9.17, 15) is 4.79 Å². The number of rotatable bonds is 2. The minimum Gasteiger partial charge on any atom is -0.426 e. The van der Waals surface area contributed by atoms with E-state index in [4.69, 9.17) is 4.74 Å². The van der Waals surface area contributed by atoms with Crippen LogP contribution in [0, 0.1) is 5.41 Å². The predicted octanol–water partition coefficient (Wildman–Crippen LogP) is 2.94. The lowest BCUT2D eigenvalue weighted by atomic mass is 9.92. The molecule has 1 unspecified atom stereocenters.